The Hall–Kier alpha value is -2.86. The van der Waals surface area contributed by atoms with E-state index in [1.807, 2.05) is 30.3 Å². The van der Waals surface area contributed by atoms with Gasteiger partial charge >= 0.3 is 0 Å². The fourth-order valence-electron chi connectivity index (χ4n) is 4.09. The maximum Gasteiger partial charge on any atom is 0.258 e. The molecular weight excluding hydrogens is 434 g/mol. The molecule has 0 saturated carbocycles. The number of hydrogen-bond donors (Lipinski definition) is 2. The Kier molecular flexibility index (Phi) is 7.65. The molecule has 1 atom stereocenters. The van der Waals surface area contributed by atoms with Crippen LogP contribution in [0.4, 0.5) is 0 Å². The average Bonchev–Trinajstić information content (AvgIpc) is 3.22. The summed E-state index contributed by atoms with van der Waals surface area (Å²) < 4.78 is 5.97. The normalized spacial score (nSPS) is 16.0. The molecule has 3 aromatic carbocycles. The Morgan fingerprint density at radius 1 is 1.12 bits per heavy atom. The van der Waals surface area contributed by atoms with Gasteiger partial charge in [-0.15, -0.1) is 0 Å². The number of carbonyl (C=O) groups excluding carboxylic acids is 1. The van der Waals surface area contributed by atoms with Crippen molar-refractivity contribution in [3.63, 3.8) is 0 Å². The van der Waals surface area contributed by atoms with Crippen molar-refractivity contribution in [2.75, 3.05) is 19.7 Å². The van der Waals surface area contributed by atoms with Crippen molar-refractivity contribution in [2.45, 2.75) is 32.5 Å². The molecule has 3 N–H and O–H groups in total. The second-order valence-corrected chi connectivity index (χ2v) is 9.10. The summed E-state index contributed by atoms with van der Waals surface area (Å²) in [5.74, 6) is 0.565. The molecule has 0 radical (unpaired) electrons. The number of amides is 1. The number of benzene rings is 3. The molecule has 6 heteroatoms. The van der Waals surface area contributed by atoms with Gasteiger partial charge in [-0.1, -0.05) is 59.6 Å². The standard InChI is InChI=1S/C27H30ClN3O2/c1-19-3-2-4-21(13-19)22-7-10-26(23(14-22)16-31-12-11-25(29)17-31)33-18-27(32)30-15-20-5-8-24(28)9-6-20/h2-10,13-14,25H,11-12,15-18,29H2,1H3,(H,30,32)/t25-/m0/s1. The van der Waals surface area contributed by atoms with Gasteiger partial charge in [0.1, 0.15) is 5.75 Å². The first-order chi connectivity index (χ1) is 16.0. The lowest BCUT2D eigenvalue weighted by atomic mass is 10.0. The predicted molar refractivity (Wildman–Crippen MR) is 133 cm³/mol. The number of likely N-dealkylation sites (tertiary alicyclic amines) is 1. The first kappa shape index (κ1) is 23.3. The van der Waals surface area contributed by atoms with Crippen LogP contribution in [0, 0.1) is 6.92 Å². The molecule has 5 nitrogen and oxygen atoms in total. The monoisotopic (exact) mass is 463 g/mol. The van der Waals surface area contributed by atoms with Gasteiger partial charge in [0.15, 0.2) is 6.61 Å². The van der Waals surface area contributed by atoms with Gasteiger partial charge in [0, 0.05) is 42.8 Å². The van der Waals surface area contributed by atoms with Crippen molar-refractivity contribution in [1.29, 1.82) is 0 Å². The van der Waals surface area contributed by atoms with Crippen LogP contribution in [0.1, 0.15) is 23.1 Å². The minimum atomic E-state index is -0.165. The van der Waals surface area contributed by atoms with Gasteiger partial charge in [0.05, 0.1) is 0 Å². The van der Waals surface area contributed by atoms with Gasteiger partial charge < -0.3 is 15.8 Å². The van der Waals surface area contributed by atoms with E-state index in [-0.39, 0.29) is 18.6 Å². The van der Waals surface area contributed by atoms with Crippen molar-refractivity contribution in [3.05, 3.63) is 88.4 Å². The Morgan fingerprint density at radius 2 is 1.91 bits per heavy atom. The second kappa shape index (κ2) is 10.8. The van der Waals surface area contributed by atoms with E-state index >= 15 is 0 Å². The number of nitrogens with two attached hydrogens (primary N) is 1. The van der Waals surface area contributed by atoms with E-state index in [4.69, 9.17) is 22.1 Å². The molecular formula is C27H30ClN3O2. The molecule has 3 aromatic rings. The van der Waals surface area contributed by atoms with Crippen molar-refractivity contribution in [3.8, 4) is 16.9 Å². The van der Waals surface area contributed by atoms with E-state index in [2.05, 4.69) is 53.5 Å². The van der Waals surface area contributed by atoms with Crippen LogP contribution in [0.25, 0.3) is 11.1 Å². The highest BCUT2D eigenvalue weighted by molar-refractivity contribution is 6.30. The van der Waals surface area contributed by atoms with E-state index in [0.29, 0.717) is 11.6 Å². The third kappa shape index (κ3) is 6.57. The summed E-state index contributed by atoms with van der Waals surface area (Å²) in [7, 11) is 0. The number of hydrogen-bond acceptors (Lipinski definition) is 4. The summed E-state index contributed by atoms with van der Waals surface area (Å²) in [6, 6.07) is 22.3. The number of nitrogens with zero attached hydrogens (tertiary/aromatic N) is 1. The van der Waals surface area contributed by atoms with Crippen LogP contribution in [0.5, 0.6) is 5.75 Å². The van der Waals surface area contributed by atoms with E-state index in [0.717, 1.165) is 48.5 Å². The molecule has 0 bridgehead atoms. The third-order valence-corrected chi connectivity index (χ3v) is 6.13. The molecule has 0 aliphatic carbocycles. The Labute approximate surface area is 200 Å². The summed E-state index contributed by atoms with van der Waals surface area (Å²) >= 11 is 5.92. The van der Waals surface area contributed by atoms with E-state index in [9.17, 15) is 4.79 Å². The molecule has 1 heterocycles. The topological polar surface area (TPSA) is 67.6 Å². The number of halogens is 1. The van der Waals surface area contributed by atoms with E-state index in [1.54, 1.807) is 0 Å². The van der Waals surface area contributed by atoms with Crippen LogP contribution in [0.15, 0.2) is 66.7 Å². The number of ether oxygens (including phenoxy) is 1. The van der Waals surface area contributed by atoms with E-state index < -0.39 is 0 Å². The number of rotatable bonds is 8. The number of carbonyl (C=O) groups is 1. The third-order valence-electron chi connectivity index (χ3n) is 5.88. The van der Waals surface area contributed by atoms with Crippen molar-refractivity contribution in [1.82, 2.24) is 10.2 Å². The van der Waals surface area contributed by atoms with Crippen molar-refractivity contribution in [2.24, 2.45) is 5.73 Å². The maximum atomic E-state index is 12.4. The number of nitrogens with one attached hydrogen (secondary N) is 1. The first-order valence-electron chi connectivity index (χ1n) is 11.3. The smallest absolute Gasteiger partial charge is 0.258 e. The zero-order chi connectivity index (χ0) is 23.2. The van der Waals surface area contributed by atoms with Gasteiger partial charge in [-0.2, -0.15) is 0 Å². The van der Waals surface area contributed by atoms with E-state index in [1.165, 1.54) is 11.1 Å². The van der Waals surface area contributed by atoms with Gasteiger partial charge in [0.2, 0.25) is 0 Å². The van der Waals surface area contributed by atoms with Crippen LogP contribution < -0.4 is 15.8 Å². The largest absolute Gasteiger partial charge is 0.483 e. The fourth-order valence-corrected chi connectivity index (χ4v) is 4.22. The Balaban J connectivity index is 1.44. The highest BCUT2D eigenvalue weighted by Gasteiger charge is 2.21. The minimum absolute atomic E-state index is 0.0378. The molecule has 33 heavy (non-hydrogen) atoms. The van der Waals surface area contributed by atoms with Crippen molar-refractivity contribution < 1.29 is 9.53 Å². The lowest BCUT2D eigenvalue weighted by Crippen LogP contribution is -2.29. The predicted octanol–water partition coefficient (Wildman–Crippen LogP) is 4.54. The summed E-state index contributed by atoms with van der Waals surface area (Å²) in [5, 5.41) is 3.57. The number of aryl methyl sites for hydroxylation is 1. The second-order valence-electron chi connectivity index (χ2n) is 8.67. The lowest BCUT2D eigenvalue weighted by molar-refractivity contribution is -0.123. The molecule has 0 aromatic heterocycles. The van der Waals surface area contributed by atoms with Gasteiger partial charge in [-0.3, -0.25) is 9.69 Å². The molecule has 1 saturated heterocycles. The lowest BCUT2D eigenvalue weighted by Gasteiger charge is -2.19. The average molecular weight is 464 g/mol. The molecule has 1 amide bonds. The van der Waals surface area contributed by atoms with Crippen LogP contribution in [0.2, 0.25) is 5.02 Å². The molecule has 1 aliphatic rings. The van der Waals surface area contributed by atoms with Gasteiger partial charge in [-0.25, -0.2) is 0 Å². The Morgan fingerprint density at radius 3 is 2.64 bits per heavy atom. The molecule has 0 unspecified atom stereocenters. The van der Waals surface area contributed by atoms with Gasteiger partial charge in [-0.05, 0) is 54.3 Å². The Bertz CT molecular complexity index is 1100. The highest BCUT2D eigenvalue weighted by Crippen LogP contribution is 2.29. The SMILES string of the molecule is Cc1cccc(-c2ccc(OCC(=O)NCc3ccc(Cl)cc3)c(CN3CC[C@H](N)C3)c2)c1. The maximum absolute atomic E-state index is 12.4. The molecule has 1 aliphatic heterocycles. The first-order valence-corrected chi connectivity index (χ1v) is 11.7. The summed E-state index contributed by atoms with van der Waals surface area (Å²) in [5.41, 5.74) is 11.7. The fraction of sp³-hybridized carbons (Fsp3) is 0.296. The molecule has 4 rings (SSSR count). The minimum Gasteiger partial charge on any atom is -0.483 e. The quantitative estimate of drug-likeness (QED) is 0.514. The zero-order valence-corrected chi connectivity index (χ0v) is 19.6. The summed E-state index contributed by atoms with van der Waals surface area (Å²) in [4.78, 5) is 14.7. The summed E-state index contributed by atoms with van der Waals surface area (Å²) in [6.07, 6.45) is 1.00. The molecule has 1 fully saturated rings. The highest BCUT2D eigenvalue weighted by atomic mass is 35.5. The zero-order valence-electron chi connectivity index (χ0n) is 18.9. The molecule has 0 spiro atoms. The van der Waals surface area contributed by atoms with Crippen LogP contribution in [-0.2, 0) is 17.9 Å². The van der Waals surface area contributed by atoms with Crippen LogP contribution in [0.3, 0.4) is 0 Å². The summed E-state index contributed by atoms with van der Waals surface area (Å²) in [6.45, 7) is 5.08. The van der Waals surface area contributed by atoms with Crippen LogP contribution in [-0.4, -0.2) is 36.5 Å². The van der Waals surface area contributed by atoms with Gasteiger partial charge in [0.25, 0.3) is 5.91 Å². The van der Waals surface area contributed by atoms with Crippen molar-refractivity contribution >= 4 is 17.5 Å². The molecule has 172 valence electrons. The van der Waals surface area contributed by atoms with Crippen LogP contribution >= 0.6 is 11.6 Å².